The van der Waals surface area contributed by atoms with Crippen molar-refractivity contribution >= 4 is 28.8 Å². The number of carbonyl (C=O) groups excluding carboxylic acids is 1. The minimum Gasteiger partial charge on any atom is -0.387 e. The third kappa shape index (κ3) is 2.56. The van der Waals surface area contributed by atoms with Crippen LogP contribution in [0.3, 0.4) is 0 Å². The zero-order valence-electron chi connectivity index (χ0n) is 12.4. The molecule has 3 N–H and O–H groups in total. The van der Waals surface area contributed by atoms with Gasteiger partial charge < -0.3 is 10.8 Å². The molecule has 1 amide bonds. The fourth-order valence-electron chi connectivity index (χ4n) is 2.28. The van der Waals surface area contributed by atoms with Crippen molar-refractivity contribution in [2.75, 3.05) is 0 Å². The lowest BCUT2D eigenvalue weighted by molar-refractivity contribution is -0.124. The summed E-state index contributed by atoms with van der Waals surface area (Å²) in [5.74, 6) is -0.763. The van der Waals surface area contributed by atoms with E-state index in [0.29, 0.717) is 10.6 Å². The van der Waals surface area contributed by atoms with E-state index in [9.17, 15) is 15.2 Å². The molecule has 2 unspecified atom stereocenters. The highest BCUT2D eigenvalue weighted by molar-refractivity contribution is 7.12. The van der Waals surface area contributed by atoms with Gasteiger partial charge in [0.2, 0.25) is 5.91 Å². The number of rotatable bonds is 2. The first-order chi connectivity index (χ1) is 10.1. The van der Waals surface area contributed by atoms with Gasteiger partial charge in [0, 0.05) is 10.4 Å². The Kier molecular flexibility index (Phi) is 4.18. The van der Waals surface area contributed by atoms with Gasteiger partial charge in [-0.2, -0.15) is 5.26 Å². The summed E-state index contributed by atoms with van der Waals surface area (Å²) in [6.07, 6.45) is 3.11. The molecule has 1 aromatic rings. The molecule has 1 aliphatic carbocycles. The highest BCUT2D eigenvalue weighted by Crippen LogP contribution is 2.40. The van der Waals surface area contributed by atoms with E-state index in [4.69, 9.17) is 17.3 Å². The topological polar surface area (TPSA) is 100 Å². The van der Waals surface area contributed by atoms with E-state index < -0.39 is 17.4 Å². The number of nitriles is 1. The first kappa shape index (κ1) is 16.7. The molecule has 7 heteroatoms. The van der Waals surface area contributed by atoms with E-state index in [1.807, 2.05) is 20.8 Å². The van der Waals surface area contributed by atoms with Crippen molar-refractivity contribution in [2.24, 2.45) is 5.73 Å². The lowest BCUT2D eigenvalue weighted by Crippen LogP contribution is -2.49. The Bertz CT molecular complexity index is 724. The van der Waals surface area contributed by atoms with Gasteiger partial charge in [0.1, 0.15) is 21.4 Å². The Balaban J connectivity index is 2.72. The van der Waals surface area contributed by atoms with Gasteiger partial charge in [0.25, 0.3) is 0 Å². The first-order valence-electron chi connectivity index (χ1n) is 6.59. The molecule has 0 aliphatic heterocycles. The summed E-state index contributed by atoms with van der Waals surface area (Å²) in [5.41, 5.74) is 4.19. The molecule has 0 radical (unpaired) electrons. The second kappa shape index (κ2) is 5.51. The average Bonchev–Trinajstić information content (AvgIpc) is 2.85. The third-order valence-electron chi connectivity index (χ3n) is 3.47. The molecule has 0 saturated carbocycles. The van der Waals surface area contributed by atoms with Crippen molar-refractivity contribution in [3.05, 3.63) is 38.8 Å². The molecule has 2 atom stereocenters. The number of halogens is 1. The van der Waals surface area contributed by atoms with E-state index >= 15 is 0 Å². The number of nitrogens with zero attached hydrogens (tertiary/aromatic N) is 2. The Morgan fingerprint density at radius 1 is 1.59 bits per heavy atom. The van der Waals surface area contributed by atoms with Gasteiger partial charge in [-0.15, -0.1) is 11.3 Å². The van der Waals surface area contributed by atoms with Crippen molar-refractivity contribution in [1.82, 2.24) is 4.98 Å². The smallest absolute Gasteiger partial charge is 0.237 e. The fourth-order valence-corrected chi connectivity index (χ4v) is 3.80. The standard InChI is InChI=1S/C15H16ClN3O2S/c1-14(2,3)11-9(7-17)22-13(19-11)15(12(18)21)6-8(16)4-5-10(15)20/h4-6,10,20H,1-3H3,(H2,18,21). The van der Waals surface area contributed by atoms with E-state index in [1.54, 1.807) is 0 Å². The van der Waals surface area contributed by atoms with Crippen LogP contribution in [-0.2, 0) is 15.6 Å². The summed E-state index contributed by atoms with van der Waals surface area (Å²) in [7, 11) is 0. The molecule has 1 aliphatic rings. The van der Waals surface area contributed by atoms with Crippen LogP contribution in [0.15, 0.2) is 23.3 Å². The molecular formula is C15H16ClN3O2S. The van der Waals surface area contributed by atoms with Crippen LogP contribution in [0, 0.1) is 11.3 Å². The quantitative estimate of drug-likeness (QED) is 0.862. The lowest BCUT2D eigenvalue weighted by Gasteiger charge is -2.31. The predicted octanol–water partition coefficient (Wildman–Crippen LogP) is 2.09. The van der Waals surface area contributed by atoms with Crippen LogP contribution in [0.5, 0.6) is 0 Å². The molecule has 0 saturated heterocycles. The zero-order valence-corrected chi connectivity index (χ0v) is 14.0. The van der Waals surface area contributed by atoms with Gasteiger partial charge in [0.05, 0.1) is 11.8 Å². The van der Waals surface area contributed by atoms with E-state index in [0.717, 1.165) is 11.3 Å². The molecule has 1 heterocycles. The Hall–Kier alpha value is -1.68. The van der Waals surface area contributed by atoms with Gasteiger partial charge in [0.15, 0.2) is 0 Å². The van der Waals surface area contributed by atoms with Gasteiger partial charge in [-0.05, 0) is 12.2 Å². The number of thiazole rings is 1. The number of allylic oxidation sites excluding steroid dienone is 2. The Morgan fingerprint density at radius 2 is 2.23 bits per heavy atom. The minimum absolute atomic E-state index is 0.275. The number of aliphatic hydroxyl groups excluding tert-OH is 1. The third-order valence-corrected chi connectivity index (χ3v) is 4.82. The summed E-state index contributed by atoms with van der Waals surface area (Å²) in [6, 6.07) is 2.09. The largest absolute Gasteiger partial charge is 0.387 e. The number of aromatic nitrogens is 1. The number of primary amides is 1. The number of hydrogen-bond donors (Lipinski definition) is 2. The molecule has 0 bridgehead atoms. The number of nitrogens with two attached hydrogens (primary N) is 1. The van der Waals surface area contributed by atoms with Gasteiger partial charge in [-0.3, -0.25) is 4.79 Å². The number of carbonyl (C=O) groups is 1. The predicted molar refractivity (Wildman–Crippen MR) is 85.5 cm³/mol. The van der Waals surface area contributed by atoms with Gasteiger partial charge in [-0.25, -0.2) is 4.98 Å². The van der Waals surface area contributed by atoms with Crippen LogP contribution in [-0.4, -0.2) is 22.1 Å². The maximum Gasteiger partial charge on any atom is 0.237 e. The second-order valence-electron chi connectivity index (χ2n) is 6.12. The van der Waals surface area contributed by atoms with Crippen LogP contribution in [0.4, 0.5) is 0 Å². The summed E-state index contributed by atoms with van der Waals surface area (Å²) in [5, 5.41) is 20.2. The van der Waals surface area contributed by atoms with Crippen molar-refractivity contribution in [1.29, 1.82) is 5.26 Å². The molecule has 0 aromatic carbocycles. The summed E-state index contributed by atoms with van der Waals surface area (Å²) in [6.45, 7) is 5.76. The summed E-state index contributed by atoms with van der Waals surface area (Å²) >= 11 is 7.05. The van der Waals surface area contributed by atoms with Gasteiger partial charge >= 0.3 is 0 Å². The Labute approximate surface area is 137 Å². The van der Waals surface area contributed by atoms with Crippen LogP contribution in [0.1, 0.15) is 36.3 Å². The highest BCUT2D eigenvalue weighted by Gasteiger charge is 2.48. The average molecular weight is 338 g/mol. The number of hydrogen-bond acceptors (Lipinski definition) is 5. The van der Waals surface area contributed by atoms with E-state index in [1.165, 1.54) is 18.2 Å². The Morgan fingerprint density at radius 3 is 2.68 bits per heavy atom. The highest BCUT2D eigenvalue weighted by atomic mass is 35.5. The molecule has 5 nitrogen and oxygen atoms in total. The van der Waals surface area contributed by atoms with Crippen LogP contribution in [0.2, 0.25) is 0 Å². The van der Waals surface area contributed by atoms with Gasteiger partial charge in [-0.1, -0.05) is 38.4 Å². The normalized spacial score (nSPS) is 24.7. The molecule has 0 fully saturated rings. The van der Waals surface area contributed by atoms with Crippen molar-refractivity contribution in [3.63, 3.8) is 0 Å². The SMILES string of the molecule is CC(C)(C)c1nc(C2(C(N)=O)C=C(Cl)C=CC2O)sc1C#N. The first-order valence-corrected chi connectivity index (χ1v) is 7.78. The maximum atomic E-state index is 12.1. The molecule has 2 rings (SSSR count). The number of aliphatic hydroxyl groups is 1. The lowest BCUT2D eigenvalue weighted by atomic mass is 9.78. The maximum absolute atomic E-state index is 12.1. The second-order valence-corrected chi connectivity index (χ2v) is 7.56. The zero-order chi connectivity index (χ0) is 16.7. The monoisotopic (exact) mass is 337 g/mol. The van der Waals surface area contributed by atoms with Crippen LogP contribution >= 0.6 is 22.9 Å². The molecular weight excluding hydrogens is 322 g/mol. The van der Waals surface area contributed by atoms with E-state index in [-0.39, 0.29) is 15.5 Å². The van der Waals surface area contributed by atoms with E-state index in [2.05, 4.69) is 11.1 Å². The van der Waals surface area contributed by atoms with Crippen molar-refractivity contribution < 1.29 is 9.90 Å². The summed E-state index contributed by atoms with van der Waals surface area (Å²) in [4.78, 5) is 17.0. The molecule has 1 aromatic heterocycles. The van der Waals surface area contributed by atoms with Crippen molar-refractivity contribution in [3.8, 4) is 6.07 Å². The molecule has 116 valence electrons. The van der Waals surface area contributed by atoms with Crippen molar-refractivity contribution in [2.45, 2.75) is 37.7 Å². The molecule has 22 heavy (non-hydrogen) atoms. The fraction of sp³-hybridized carbons (Fsp3) is 0.400. The van der Waals surface area contributed by atoms with Crippen LogP contribution < -0.4 is 5.73 Å². The minimum atomic E-state index is -1.55. The summed E-state index contributed by atoms with van der Waals surface area (Å²) < 4.78 is 0. The number of amides is 1. The van der Waals surface area contributed by atoms with Crippen LogP contribution in [0.25, 0.3) is 0 Å². The molecule has 0 spiro atoms.